The topological polar surface area (TPSA) is 87.7 Å². The van der Waals surface area contributed by atoms with E-state index in [9.17, 15) is 9.59 Å². The van der Waals surface area contributed by atoms with E-state index >= 15 is 0 Å². The summed E-state index contributed by atoms with van der Waals surface area (Å²) in [5.41, 5.74) is -0.291. The number of carboxylic acid groups (broad SMARTS) is 1. The fraction of sp³-hybridized carbons (Fsp3) is 0.818. The van der Waals surface area contributed by atoms with Crippen LogP contribution in [0.4, 0.5) is 0 Å². The predicted molar refractivity (Wildman–Crippen MR) is 61.7 cm³/mol. The summed E-state index contributed by atoms with van der Waals surface area (Å²) in [6.07, 6.45) is 1.14. The number of carbonyl (C=O) groups excluding carboxylic acids is 1. The average molecular weight is 244 g/mol. The molecule has 0 aromatic heterocycles. The van der Waals surface area contributed by atoms with Crippen molar-refractivity contribution in [2.75, 3.05) is 19.7 Å². The first-order valence-electron chi connectivity index (χ1n) is 5.84. The molecule has 0 bridgehead atoms. The van der Waals surface area contributed by atoms with Crippen LogP contribution in [0.5, 0.6) is 0 Å². The maximum absolute atomic E-state index is 11.5. The Kier molecular flexibility index (Phi) is 4.89. The van der Waals surface area contributed by atoms with Crippen molar-refractivity contribution in [3.8, 4) is 0 Å². The molecule has 17 heavy (non-hydrogen) atoms. The summed E-state index contributed by atoms with van der Waals surface area (Å²) in [7, 11) is 0. The van der Waals surface area contributed by atoms with Gasteiger partial charge in [-0.1, -0.05) is 13.3 Å². The van der Waals surface area contributed by atoms with Gasteiger partial charge in [-0.3, -0.25) is 4.79 Å². The van der Waals surface area contributed by atoms with Gasteiger partial charge in [-0.2, -0.15) is 0 Å². The molecule has 3 N–H and O–H groups in total. The standard InChI is InChI=1S/C11H20N2O4/c1-3-4-8(10(15)16)13-9(14)5-17-11(2)6-12-7-11/h8,12H,3-7H2,1-2H3,(H,13,14)(H,15,16)/t8-/m0/s1. The van der Waals surface area contributed by atoms with Gasteiger partial charge in [0.2, 0.25) is 5.91 Å². The first-order chi connectivity index (χ1) is 7.97. The minimum absolute atomic E-state index is 0.0916. The molecule has 1 amide bonds. The molecular formula is C11H20N2O4. The zero-order chi connectivity index (χ0) is 12.9. The minimum atomic E-state index is -1.00. The zero-order valence-corrected chi connectivity index (χ0v) is 10.3. The molecule has 0 spiro atoms. The van der Waals surface area contributed by atoms with Crippen LogP contribution < -0.4 is 10.6 Å². The molecule has 1 aliphatic rings. The van der Waals surface area contributed by atoms with Gasteiger partial charge in [0.25, 0.3) is 0 Å². The Morgan fingerprint density at radius 2 is 2.18 bits per heavy atom. The molecule has 0 aliphatic carbocycles. The SMILES string of the molecule is CCC[C@H](NC(=O)COC1(C)CNC1)C(=O)O. The molecule has 0 unspecified atom stereocenters. The summed E-state index contributed by atoms with van der Waals surface area (Å²) < 4.78 is 5.42. The fourth-order valence-electron chi connectivity index (χ4n) is 1.60. The maximum Gasteiger partial charge on any atom is 0.326 e. The highest BCUT2D eigenvalue weighted by Crippen LogP contribution is 2.14. The van der Waals surface area contributed by atoms with E-state index in [-0.39, 0.29) is 18.1 Å². The second-order valence-electron chi connectivity index (χ2n) is 4.59. The number of aliphatic carboxylic acids is 1. The number of nitrogens with one attached hydrogen (secondary N) is 2. The quantitative estimate of drug-likeness (QED) is 0.574. The third-order valence-corrected chi connectivity index (χ3v) is 2.76. The lowest BCUT2D eigenvalue weighted by Crippen LogP contribution is -2.60. The van der Waals surface area contributed by atoms with E-state index in [4.69, 9.17) is 9.84 Å². The van der Waals surface area contributed by atoms with E-state index in [1.807, 2.05) is 13.8 Å². The van der Waals surface area contributed by atoms with Gasteiger partial charge >= 0.3 is 5.97 Å². The molecule has 0 aromatic carbocycles. The van der Waals surface area contributed by atoms with Gasteiger partial charge in [0.15, 0.2) is 0 Å². The van der Waals surface area contributed by atoms with Gasteiger partial charge in [0.05, 0.1) is 5.60 Å². The van der Waals surface area contributed by atoms with Crippen molar-refractivity contribution in [1.82, 2.24) is 10.6 Å². The third kappa shape index (κ3) is 4.32. The monoisotopic (exact) mass is 244 g/mol. The van der Waals surface area contributed by atoms with Gasteiger partial charge in [0, 0.05) is 13.1 Å². The van der Waals surface area contributed by atoms with Crippen LogP contribution in [-0.4, -0.2) is 48.3 Å². The normalized spacial score (nSPS) is 19.2. The van der Waals surface area contributed by atoms with Crippen LogP contribution in [0, 0.1) is 0 Å². The summed E-state index contributed by atoms with van der Waals surface area (Å²) in [5.74, 6) is -1.38. The van der Waals surface area contributed by atoms with E-state index < -0.39 is 12.0 Å². The first-order valence-corrected chi connectivity index (χ1v) is 5.84. The molecule has 1 rings (SSSR count). The molecule has 1 aliphatic heterocycles. The number of ether oxygens (including phenoxy) is 1. The average Bonchev–Trinajstić information content (AvgIpc) is 2.23. The number of carbonyl (C=O) groups is 2. The Morgan fingerprint density at radius 1 is 1.53 bits per heavy atom. The van der Waals surface area contributed by atoms with Crippen molar-refractivity contribution in [1.29, 1.82) is 0 Å². The lowest BCUT2D eigenvalue weighted by Gasteiger charge is -2.38. The summed E-state index contributed by atoms with van der Waals surface area (Å²) in [6, 6.07) is -0.816. The van der Waals surface area contributed by atoms with Crippen molar-refractivity contribution >= 4 is 11.9 Å². The van der Waals surface area contributed by atoms with E-state index in [0.29, 0.717) is 12.8 Å². The van der Waals surface area contributed by atoms with Crippen molar-refractivity contribution < 1.29 is 19.4 Å². The van der Waals surface area contributed by atoms with Crippen LogP contribution in [0.1, 0.15) is 26.7 Å². The highest BCUT2D eigenvalue weighted by Gasteiger charge is 2.33. The van der Waals surface area contributed by atoms with Crippen LogP contribution in [0.15, 0.2) is 0 Å². The second kappa shape index (κ2) is 5.97. The highest BCUT2D eigenvalue weighted by atomic mass is 16.5. The minimum Gasteiger partial charge on any atom is -0.480 e. The lowest BCUT2D eigenvalue weighted by atomic mass is 10.0. The number of rotatable bonds is 7. The van der Waals surface area contributed by atoms with Gasteiger partial charge < -0.3 is 20.5 Å². The molecule has 0 saturated carbocycles. The van der Waals surface area contributed by atoms with Gasteiger partial charge in [-0.05, 0) is 13.3 Å². The molecule has 98 valence electrons. The lowest BCUT2D eigenvalue weighted by molar-refractivity contribution is -0.145. The smallest absolute Gasteiger partial charge is 0.326 e. The van der Waals surface area contributed by atoms with Crippen molar-refractivity contribution in [3.63, 3.8) is 0 Å². The van der Waals surface area contributed by atoms with E-state index in [1.54, 1.807) is 0 Å². The van der Waals surface area contributed by atoms with Gasteiger partial charge in [0.1, 0.15) is 12.6 Å². The molecule has 1 atom stereocenters. The molecule has 1 heterocycles. The largest absolute Gasteiger partial charge is 0.480 e. The first kappa shape index (κ1) is 13.9. The number of amides is 1. The molecule has 6 nitrogen and oxygen atoms in total. The Labute approximate surface area is 101 Å². The highest BCUT2D eigenvalue weighted by molar-refractivity contribution is 5.84. The van der Waals surface area contributed by atoms with Crippen molar-refractivity contribution in [3.05, 3.63) is 0 Å². The van der Waals surface area contributed by atoms with E-state index in [2.05, 4.69) is 10.6 Å². The molecule has 1 fully saturated rings. The van der Waals surface area contributed by atoms with Crippen LogP contribution >= 0.6 is 0 Å². The van der Waals surface area contributed by atoms with Crippen molar-refractivity contribution in [2.45, 2.75) is 38.3 Å². The Morgan fingerprint density at radius 3 is 2.59 bits per heavy atom. The molecule has 1 saturated heterocycles. The van der Waals surface area contributed by atoms with Crippen LogP contribution in [0.2, 0.25) is 0 Å². The van der Waals surface area contributed by atoms with Crippen LogP contribution in [0.3, 0.4) is 0 Å². The van der Waals surface area contributed by atoms with Crippen LogP contribution in [0.25, 0.3) is 0 Å². The Bertz CT molecular complexity index is 289. The van der Waals surface area contributed by atoms with E-state index in [0.717, 1.165) is 13.1 Å². The summed E-state index contributed by atoms with van der Waals surface area (Å²) in [4.78, 5) is 22.3. The number of carboxylic acids is 1. The van der Waals surface area contributed by atoms with Gasteiger partial charge in [-0.25, -0.2) is 4.79 Å². The summed E-state index contributed by atoms with van der Waals surface area (Å²) >= 11 is 0. The van der Waals surface area contributed by atoms with Crippen LogP contribution in [-0.2, 0) is 14.3 Å². The zero-order valence-electron chi connectivity index (χ0n) is 10.3. The number of hydrogen-bond donors (Lipinski definition) is 3. The molecule has 0 aromatic rings. The summed E-state index contributed by atoms with van der Waals surface area (Å²) in [6.45, 7) is 5.14. The third-order valence-electron chi connectivity index (χ3n) is 2.76. The number of hydrogen-bond acceptors (Lipinski definition) is 4. The second-order valence-corrected chi connectivity index (χ2v) is 4.59. The molecule has 0 radical (unpaired) electrons. The molecular weight excluding hydrogens is 224 g/mol. The Balaban J connectivity index is 2.29. The Hall–Kier alpha value is -1.14. The van der Waals surface area contributed by atoms with Gasteiger partial charge in [-0.15, -0.1) is 0 Å². The maximum atomic E-state index is 11.5. The van der Waals surface area contributed by atoms with Crippen molar-refractivity contribution in [2.24, 2.45) is 0 Å². The molecule has 6 heteroatoms. The fourth-order valence-corrected chi connectivity index (χ4v) is 1.60. The predicted octanol–water partition coefficient (Wildman–Crippen LogP) is -0.266. The summed E-state index contributed by atoms with van der Waals surface area (Å²) in [5, 5.41) is 14.4. The van der Waals surface area contributed by atoms with E-state index in [1.165, 1.54) is 0 Å².